The smallest absolute Gasteiger partial charge is 0.247 e. The number of carbonyl (C=O) groups is 1. The predicted molar refractivity (Wildman–Crippen MR) is 72.7 cm³/mol. The second-order valence-corrected chi connectivity index (χ2v) is 6.71. The fourth-order valence-corrected chi connectivity index (χ4v) is 3.67. The predicted octanol–water partition coefficient (Wildman–Crippen LogP) is -0.336. The van der Waals surface area contributed by atoms with Crippen LogP contribution in [0.3, 0.4) is 0 Å². The van der Waals surface area contributed by atoms with Gasteiger partial charge in [0, 0.05) is 38.3 Å². The summed E-state index contributed by atoms with van der Waals surface area (Å²) in [7, 11) is -3.58. The fraction of sp³-hybridized carbons (Fsp3) is 0.500. The van der Waals surface area contributed by atoms with Crippen molar-refractivity contribution in [1.29, 1.82) is 0 Å². The van der Waals surface area contributed by atoms with E-state index in [0.717, 1.165) is 0 Å². The van der Waals surface area contributed by atoms with E-state index in [1.807, 2.05) is 0 Å². The van der Waals surface area contributed by atoms with E-state index in [0.29, 0.717) is 25.9 Å². The third-order valence-electron chi connectivity index (χ3n) is 3.25. The van der Waals surface area contributed by atoms with Crippen molar-refractivity contribution in [1.82, 2.24) is 14.6 Å². The van der Waals surface area contributed by atoms with Crippen molar-refractivity contribution < 1.29 is 13.2 Å². The lowest BCUT2D eigenvalue weighted by Crippen LogP contribution is -2.46. The van der Waals surface area contributed by atoms with Crippen LogP contribution in [0.15, 0.2) is 28.0 Å². The second kappa shape index (κ2) is 5.76. The number of aromatic nitrogens is 1. The van der Waals surface area contributed by atoms with Crippen molar-refractivity contribution in [3.63, 3.8) is 0 Å². The number of rotatable bonds is 3. The van der Waals surface area contributed by atoms with E-state index in [4.69, 9.17) is 0 Å². The van der Waals surface area contributed by atoms with Crippen LogP contribution in [0.4, 0.5) is 0 Å². The van der Waals surface area contributed by atoms with Crippen LogP contribution in [0.1, 0.15) is 19.8 Å². The van der Waals surface area contributed by atoms with E-state index in [2.05, 4.69) is 10.3 Å². The van der Waals surface area contributed by atoms with E-state index < -0.39 is 10.0 Å². The number of nitrogens with zero attached hydrogens (tertiary/aromatic N) is 1. The molecule has 1 amide bonds. The first kappa shape index (κ1) is 14.7. The number of carbonyl (C=O) groups excluding carboxylic acids is 1. The van der Waals surface area contributed by atoms with Crippen LogP contribution in [0.5, 0.6) is 0 Å². The lowest BCUT2D eigenvalue weighted by Gasteiger charge is -2.31. The molecule has 1 aliphatic rings. The summed E-state index contributed by atoms with van der Waals surface area (Å²) < 4.78 is 26.1. The molecule has 0 aromatic carbocycles. The zero-order valence-corrected chi connectivity index (χ0v) is 11.9. The van der Waals surface area contributed by atoms with Crippen LogP contribution in [0.2, 0.25) is 0 Å². The number of hydrogen-bond acceptors (Lipinski definition) is 4. The second-order valence-electron chi connectivity index (χ2n) is 4.77. The van der Waals surface area contributed by atoms with Crippen molar-refractivity contribution in [2.45, 2.75) is 30.7 Å². The number of amides is 1. The number of aromatic amines is 1. The Hall–Kier alpha value is -1.67. The Labute approximate surface area is 117 Å². The summed E-state index contributed by atoms with van der Waals surface area (Å²) in [5.74, 6) is -0.105. The van der Waals surface area contributed by atoms with Crippen LogP contribution < -0.4 is 10.9 Å². The molecule has 0 spiro atoms. The van der Waals surface area contributed by atoms with Crippen LogP contribution in [0, 0.1) is 0 Å². The Morgan fingerprint density at radius 1 is 1.35 bits per heavy atom. The molecule has 1 saturated heterocycles. The van der Waals surface area contributed by atoms with Gasteiger partial charge in [-0.1, -0.05) is 0 Å². The van der Waals surface area contributed by atoms with Gasteiger partial charge < -0.3 is 10.3 Å². The van der Waals surface area contributed by atoms with Gasteiger partial charge in [-0.2, -0.15) is 4.31 Å². The van der Waals surface area contributed by atoms with Gasteiger partial charge >= 0.3 is 0 Å². The highest BCUT2D eigenvalue weighted by Gasteiger charge is 2.29. The third kappa shape index (κ3) is 3.26. The molecule has 110 valence electrons. The summed E-state index contributed by atoms with van der Waals surface area (Å²) in [6.45, 7) is 2.16. The normalized spacial score (nSPS) is 17.9. The molecule has 0 unspecified atom stereocenters. The minimum atomic E-state index is -3.58. The van der Waals surface area contributed by atoms with Crippen molar-refractivity contribution >= 4 is 15.9 Å². The van der Waals surface area contributed by atoms with E-state index in [9.17, 15) is 18.0 Å². The van der Waals surface area contributed by atoms with Gasteiger partial charge in [0.15, 0.2) is 0 Å². The molecular formula is C12H17N3O4S. The molecule has 2 rings (SSSR count). The van der Waals surface area contributed by atoms with Crippen molar-refractivity contribution in [2.75, 3.05) is 13.1 Å². The summed E-state index contributed by atoms with van der Waals surface area (Å²) in [5.41, 5.74) is -0.340. The molecule has 0 aliphatic carbocycles. The maximum atomic E-state index is 12.3. The number of pyridine rings is 1. The number of piperidine rings is 1. The van der Waals surface area contributed by atoms with Gasteiger partial charge in [0.25, 0.3) is 0 Å². The van der Waals surface area contributed by atoms with Gasteiger partial charge in [-0.05, 0) is 18.9 Å². The SMILES string of the molecule is CC(=O)NC1CCN(S(=O)(=O)c2ccc(=O)[nH]c2)CC1. The Balaban J connectivity index is 2.07. The van der Waals surface area contributed by atoms with Gasteiger partial charge in [-0.25, -0.2) is 8.42 Å². The summed E-state index contributed by atoms with van der Waals surface area (Å²) in [6, 6.07) is 2.51. The summed E-state index contributed by atoms with van der Waals surface area (Å²) in [5, 5.41) is 2.79. The highest BCUT2D eigenvalue weighted by Crippen LogP contribution is 2.19. The van der Waals surface area contributed by atoms with E-state index in [1.54, 1.807) is 0 Å². The maximum absolute atomic E-state index is 12.3. The largest absolute Gasteiger partial charge is 0.354 e. The van der Waals surface area contributed by atoms with E-state index >= 15 is 0 Å². The zero-order valence-electron chi connectivity index (χ0n) is 11.1. The summed E-state index contributed by atoms with van der Waals surface area (Å²) >= 11 is 0. The average Bonchev–Trinajstić information content (AvgIpc) is 2.39. The maximum Gasteiger partial charge on any atom is 0.247 e. The highest BCUT2D eigenvalue weighted by atomic mass is 32.2. The van der Waals surface area contributed by atoms with Gasteiger partial charge in [0.2, 0.25) is 21.5 Å². The van der Waals surface area contributed by atoms with Crippen molar-refractivity contribution in [3.8, 4) is 0 Å². The molecule has 8 heteroatoms. The summed E-state index contributed by atoms with van der Waals surface area (Å²) in [4.78, 5) is 24.4. The molecule has 1 aromatic heterocycles. The monoisotopic (exact) mass is 299 g/mol. The van der Waals surface area contributed by atoms with Gasteiger partial charge in [0.1, 0.15) is 0 Å². The molecule has 1 aliphatic heterocycles. The molecular weight excluding hydrogens is 282 g/mol. The number of H-pyrrole nitrogens is 1. The topological polar surface area (TPSA) is 99.3 Å². The fourth-order valence-electron chi connectivity index (χ4n) is 2.23. The first-order valence-corrected chi connectivity index (χ1v) is 7.79. The Morgan fingerprint density at radius 3 is 2.50 bits per heavy atom. The lowest BCUT2D eigenvalue weighted by molar-refractivity contribution is -0.119. The molecule has 1 fully saturated rings. The third-order valence-corrected chi connectivity index (χ3v) is 5.15. The zero-order chi connectivity index (χ0) is 14.8. The molecule has 20 heavy (non-hydrogen) atoms. The molecule has 1 aromatic rings. The molecule has 2 N–H and O–H groups in total. The van der Waals surface area contributed by atoms with E-state index in [1.165, 1.54) is 29.6 Å². The van der Waals surface area contributed by atoms with Gasteiger partial charge in [-0.3, -0.25) is 9.59 Å². The van der Waals surface area contributed by atoms with Crippen molar-refractivity contribution in [3.05, 3.63) is 28.7 Å². The Kier molecular flexibility index (Phi) is 4.24. The average molecular weight is 299 g/mol. The Bertz CT molecular complexity index is 624. The molecule has 2 heterocycles. The number of sulfonamides is 1. The Morgan fingerprint density at radius 2 is 2.00 bits per heavy atom. The number of hydrogen-bond donors (Lipinski definition) is 2. The van der Waals surface area contributed by atoms with Gasteiger partial charge in [0.05, 0.1) is 4.90 Å². The molecule has 0 atom stereocenters. The standard InChI is InChI=1S/C12H17N3O4S/c1-9(16)14-10-4-6-15(7-5-10)20(18,19)11-2-3-12(17)13-8-11/h2-3,8,10H,4-7H2,1H3,(H,13,17)(H,14,16). The van der Waals surface area contributed by atoms with Crippen LogP contribution >= 0.6 is 0 Å². The lowest BCUT2D eigenvalue weighted by atomic mass is 10.1. The minimum absolute atomic E-state index is 0.0227. The molecule has 0 radical (unpaired) electrons. The number of nitrogens with one attached hydrogen (secondary N) is 2. The van der Waals surface area contributed by atoms with Crippen molar-refractivity contribution in [2.24, 2.45) is 0 Å². The van der Waals surface area contributed by atoms with Crippen LogP contribution in [-0.4, -0.2) is 42.7 Å². The quantitative estimate of drug-likeness (QED) is 0.798. The molecule has 0 bridgehead atoms. The first-order valence-electron chi connectivity index (χ1n) is 6.35. The van der Waals surface area contributed by atoms with Gasteiger partial charge in [-0.15, -0.1) is 0 Å². The minimum Gasteiger partial charge on any atom is -0.354 e. The van der Waals surface area contributed by atoms with E-state index in [-0.39, 0.29) is 22.4 Å². The highest BCUT2D eigenvalue weighted by molar-refractivity contribution is 7.89. The molecule has 0 saturated carbocycles. The van der Waals surface area contributed by atoms with Crippen LogP contribution in [0.25, 0.3) is 0 Å². The summed E-state index contributed by atoms with van der Waals surface area (Å²) in [6.07, 6.45) is 2.38. The first-order chi connectivity index (χ1) is 9.39. The molecule has 7 nitrogen and oxygen atoms in total. The van der Waals surface area contributed by atoms with Crippen LogP contribution in [-0.2, 0) is 14.8 Å².